The van der Waals surface area contributed by atoms with E-state index in [-0.39, 0.29) is 0 Å². The number of hydrogen-bond acceptors (Lipinski definition) is 0. The first-order valence-corrected chi connectivity index (χ1v) is 79.5. The third-order valence-corrected chi connectivity index (χ3v) is 702. The molecule has 0 bridgehead atoms. The summed E-state index contributed by atoms with van der Waals surface area (Å²) in [5, 5.41) is 0. The van der Waals surface area contributed by atoms with Crippen molar-refractivity contribution in [3.63, 3.8) is 0 Å². The van der Waals surface area contributed by atoms with Gasteiger partial charge in [0.1, 0.15) is 0 Å². The molecule has 2 radical (unpaired) electrons. The fourth-order valence-corrected chi connectivity index (χ4v) is 0. The van der Waals surface area contributed by atoms with E-state index in [2.05, 4.69) is 0 Å². The van der Waals surface area contributed by atoms with Crippen molar-refractivity contribution in [1.29, 1.82) is 0 Å². The SMILES string of the molecule is [Ba][Ba][Ba][Ba]. The third-order valence-electron chi connectivity index (χ3n) is 0.250. The molecule has 0 aromatic rings. The summed E-state index contributed by atoms with van der Waals surface area (Å²) < 4.78 is 0. The van der Waals surface area contributed by atoms with Gasteiger partial charge in [0, 0.05) is 0 Å². The Bertz CT molecular complexity index is 2.00. The van der Waals surface area contributed by atoms with Crippen LogP contribution in [0.25, 0.3) is 0 Å². The maximum absolute atomic E-state index is 1.44. The van der Waals surface area contributed by atoms with Crippen molar-refractivity contribution in [3.8, 4) is 0 Å². The van der Waals surface area contributed by atoms with E-state index in [9.17, 15) is 0 Å². The van der Waals surface area contributed by atoms with Gasteiger partial charge >= 0.3 is 86.2 Å². The van der Waals surface area contributed by atoms with Gasteiger partial charge in [0.25, 0.3) is 0 Å². The van der Waals surface area contributed by atoms with Gasteiger partial charge in [0.15, 0.2) is 0 Å². The second-order valence-corrected chi connectivity index (χ2v) is 273. The fraction of sp³-hybridized carbons (Fsp3) is 0. The second-order valence-electron chi connectivity index (χ2n) is 0.707. The molecular weight excluding hydrogens is 549 g/mol. The minimum atomic E-state index is 0.390. The summed E-state index contributed by atoms with van der Waals surface area (Å²) in [6, 6.07) is 0. The Kier molecular flexibility index (Phi) is 23.9. The van der Waals surface area contributed by atoms with Gasteiger partial charge in [-0.2, -0.15) is 0 Å². The normalized spacial score (nSPS) is 2.50. The second kappa shape index (κ2) is 9.29. The monoisotopic (exact) mass is 552 g/mol. The Morgan fingerprint density at radius 2 is 1.25 bits per heavy atom. The first-order chi connectivity index (χ1) is 1.91. The van der Waals surface area contributed by atoms with Gasteiger partial charge in [-0.15, -0.1) is 0 Å². The molecular formula is Ba4. The van der Waals surface area contributed by atoms with Crippen molar-refractivity contribution in [2.75, 3.05) is 0 Å². The Labute approximate surface area is 78.3 Å². The summed E-state index contributed by atoms with van der Waals surface area (Å²) in [7, 11) is 0. The van der Waals surface area contributed by atoms with Gasteiger partial charge in [0.2, 0.25) is 0 Å². The zero-order chi connectivity index (χ0) is 3.41. The first kappa shape index (κ1) is 10.3. The average molecular weight is 549 g/mol. The summed E-state index contributed by atoms with van der Waals surface area (Å²) in [5.41, 5.74) is 0. The van der Waals surface area contributed by atoms with Crippen LogP contribution in [-0.4, -0.2) is 86.2 Å². The molecule has 0 saturated heterocycles. The van der Waals surface area contributed by atoms with Crippen LogP contribution in [0.2, 0.25) is 0 Å². The Balaban J connectivity index is 1.97. The van der Waals surface area contributed by atoms with E-state index in [1.165, 1.54) is 61.3 Å². The Morgan fingerprint density at radius 3 is 1.25 bits per heavy atom. The molecule has 0 fully saturated rings. The van der Waals surface area contributed by atoms with Crippen LogP contribution in [0.5, 0.6) is 0 Å². The Hall–Kier alpha value is 6.29. The van der Waals surface area contributed by atoms with Gasteiger partial charge in [-0.1, -0.05) is 0 Å². The summed E-state index contributed by atoms with van der Waals surface area (Å²) >= 11 is 3.67. The van der Waals surface area contributed by atoms with Gasteiger partial charge < -0.3 is 0 Å². The first-order valence-electron chi connectivity index (χ1n) is 1.50. The summed E-state index contributed by atoms with van der Waals surface area (Å²) in [4.78, 5) is 0. The van der Waals surface area contributed by atoms with E-state index in [4.69, 9.17) is 0 Å². The molecule has 0 unspecified atom stereocenters. The van der Waals surface area contributed by atoms with Crippen LogP contribution < -0.4 is 0 Å². The van der Waals surface area contributed by atoms with Crippen LogP contribution in [-0.2, 0) is 0 Å². The van der Waals surface area contributed by atoms with E-state index in [1.54, 1.807) is 0 Å². The third kappa shape index (κ3) is 8.29. The molecule has 0 aliphatic heterocycles. The van der Waals surface area contributed by atoms with E-state index in [0.717, 1.165) is 0 Å². The summed E-state index contributed by atoms with van der Waals surface area (Å²) in [6.07, 6.45) is 0. The van der Waals surface area contributed by atoms with E-state index in [1.807, 2.05) is 0 Å². The van der Waals surface area contributed by atoms with Crippen molar-refractivity contribution in [3.05, 3.63) is 0 Å². The van der Waals surface area contributed by atoms with Crippen LogP contribution in [0.4, 0.5) is 0 Å². The zero-order valence-electron chi connectivity index (χ0n) is 2.83. The van der Waals surface area contributed by atoms with Gasteiger partial charge in [-0.05, 0) is 0 Å². The fourth-order valence-electron chi connectivity index (χ4n) is 0. The van der Waals surface area contributed by atoms with Gasteiger partial charge in [-0.3, -0.25) is 0 Å². The van der Waals surface area contributed by atoms with E-state index >= 15 is 0 Å². The zero-order valence-corrected chi connectivity index (χ0v) is 20.6. The molecule has 0 aromatic carbocycles. The van der Waals surface area contributed by atoms with Crippen LogP contribution in [0.15, 0.2) is 0 Å². The van der Waals surface area contributed by atoms with Crippen LogP contribution in [0.1, 0.15) is 0 Å². The van der Waals surface area contributed by atoms with E-state index < -0.39 is 0 Å². The molecule has 0 rings (SSSR count). The van der Waals surface area contributed by atoms with Crippen molar-refractivity contribution < 1.29 is 0 Å². The topological polar surface area (TPSA) is 0 Å². The van der Waals surface area contributed by atoms with Crippen molar-refractivity contribution in [1.82, 2.24) is 0 Å². The molecule has 4 heavy (non-hydrogen) atoms. The maximum atomic E-state index is 1.44. The van der Waals surface area contributed by atoms with Crippen LogP contribution >= 0.6 is 0 Å². The van der Waals surface area contributed by atoms with Crippen molar-refractivity contribution in [2.24, 2.45) is 0 Å². The van der Waals surface area contributed by atoms with Gasteiger partial charge in [-0.25, -0.2) is 0 Å². The standard InChI is InChI=1S/4Ba. The predicted octanol–water partition coefficient (Wildman–Crippen LogP) is -1.52. The summed E-state index contributed by atoms with van der Waals surface area (Å²) in [6.45, 7) is 0. The molecule has 0 N–H and O–H groups in total. The molecule has 0 aliphatic carbocycles. The molecule has 0 atom stereocenters. The summed E-state index contributed by atoms with van der Waals surface area (Å²) in [5.74, 6) is 0. The van der Waals surface area contributed by atoms with Crippen molar-refractivity contribution >= 4 is 86.2 Å². The van der Waals surface area contributed by atoms with Crippen molar-refractivity contribution in [2.45, 2.75) is 0 Å². The molecule has 0 spiro atoms. The molecule has 0 heterocycles. The molecule has 0 nitrogen and oxygen atoms in total. The van der Waals surface area contributed by atoms with Gasteiger partial charge in [0.05, 0.1) is 0 Å². The van der Waals surface area contributed by atoms with E-state index in [0.29, 0.717) is 24.8 Å². The quantitative estimate of drug-likeness (QED) is 0.349. The number of hydrogen-bond donors (Lipinski definition) is 0. The average Bonchev–Trinajstić information content (AvgIpc) is 1.37. The molecule has 0 aliphatic rings. The number of rotatable bonds is 1. The Morgan fingerprint density at radius 1 is 1.00 bits per heavy atom. The predicted molar refractivity (Wildman–Crippen MR) is 23.0 cm³/mol. The van der Waals surface area contributed by atoms with Crippen LogP contribution in [0, 0.1) is 0 Å². The van der Waals surface area contributed by atoms with Crippen LogP contribution in [0.3, 0.4) is 0 Å². The minimum absolute atomic E-state index is 0.390. The molecule has 8 valence electrons. The molecule has 0 amide bonds. The molecule has 0 aromatic heterocycles. The molecule has 4 heteroatoms. The molecule has 0 saturated carbocycles.